The van der Waals surface area contributed by atoms with Gasteiger partial charge in [0.15, 0.2) is 5.84 Å². The number of esters is 2. The normalized spacial score (nSPS) is 18.8. The Balaban J connectivity index is 0.00000151. The molecule has 138 valence electrons. The molecule has 1 heterocycles. The number of aryl methyl sites for hydroxylation is 1. The molecule has 7 nitrogen and oxygen atoms in total. The van der Waals surface area contributed by atoms with Crippen LogP contribution in [-0.4, -0.2) is 49.8 Å². The second-order valence-electron chi connectivity index (χ2n) is 5.07. The molecule has 25 heavy (non-hydrogen) atoms. The third-order valence-electron chi connectivity index (χ3n) is 3.29. The molecule has 1 unspecified atom stereocenters. The van der Waals surface area contributed by atoms with Gasteiger partial charge in [0.25, 0.3) is 5.72 Å². The zero-order valence-corrected chi connectivity index (χ0v) is 16.8. The van der Waals surface area contributed by atoms with E-state index >= 15 is 0 Å². The molecule has 1 aromatic carbocycles. The highest BCUT2D eigenvalue weighted by atomic mass is 79.9. The summed E-state index contributed by atoms with van der Waals surface area (Å²) in [4.78, 5) is 33.7. The van der Waals surface area contributed by atoms with Gasteiger partial charge in [-0.1, -0.05) is 29.8 Å². The van der Waals surface area contributed by atoms with Gasteiger partial charge in [-0.15, -0.1) is 0 Å². The van der Waals surface area contributed by atoms with Gasteiger partial charge in [0.05, 0.1) is 14.2 Å². The Morgan fingerprint density at radius 2 is 1.88 bits per heavy atom. The van der Waals surface area contributed by atoms with Crippen molar-refractivity contribution >= 4 is 33.7 Å². The van der Waals surface area contributed by atoms with Gasteiger partial charge in [-0.05, 0) is 30.7 Å². The molecule has 0 aromatic heterocycles. The van der Waals surface area contributed by atoms with E-state index in [4.69, 9.17) is 9.57 Å². The van der Waals surface area contributed by atoms with Crippen molar-refractivity contribution in [1.29, 1.82) is 0 Å². The average molecular weight is 415 g/mol. The summed E-state index contributed by atoms with van der Waals surface area (Å²) in [6.45, 7) is 5.94. The quantitative estimate of drug-likeness (QED) is 0.704. The number of benzene rings is 1. The first-order chi connectivity index (χ1) is 11.8. The molecule has 0 amide bonds. The smallest absolute Gasteiger partial charge is 0.364 e. The van der Waals surface area contributed by atoms with Gasteiger partial charge < -0.3 is 9.47 Å². The first kappa shape index (κ1) is 21.1. The van der Waals surface area contributed by atoms with Crippen molar-refractivity contribution < 1.29 is 23.9 Å². The van der Waals surface area contributed by atoms with Crippen LogP contribution in [0, 0.1) is 6.92 Å². The van der Waals surface area contributed by atoms with Crippen LogP contribution in [-0.2, 0) is 23.9 Å². The second-order valence-corrected chi connectivity index (χ2v) is 5.99. The molecule has 2 rings (SSSR count). The third-order valence-corrected chi connectivity index (χ3v) is 3.75. The van der Waals surface area contributed by atoms with Crippen molar-refractivity contribution in [3.8, 4) is 0 Å². The van der Waals surface area contributed by atoms with E-state index in [1.165, 1.54) is 19.3 Å². The van der Waals surface area contributed by atoms with Crippen molar-refractivity contribution in [3.05, 3.63) is 33.8 Å². The Morgan fingerprint density at radius 3 is 2.40 bits per heavy atom. The lowest BCUT2D eigenvalue weighted by Gasteiger charge is -2.22. The number of ether oxygens (including phenoxy) is 2. The zero-order chi connectivity index (χ0) is 19.2. The van der Waals surface area contributed by atoms with Gasteiger partial charge in [-0.3, -0.25) is 4.79 Å². The topological polar surface area (TPSA) is 77.4 Å². The molecule has 0 spiro atoms. The molecule has 1 aliphatic rings. The van der Waals surface area contributed by atoms with E-state index in [1.807, 2.05) is 39.0 Å². The molecule has 0 saturated heterocycles. The number of methoxy groups -OCH3 is 2. The lowest BCUT2D eigenvalue weighted by atomic mass is 10.1. The average Bonchev–Trinajstić information content (AvgIpc) is 2.92. The minimum Gasteiger partial charge on any atom is -0.469 e. The predicted octanol–water partition coefficient (Wildman–Crippen LogP) is 2.84. The Morgan fingerprint density at radius 1 is 1.24 bits per heavy atom. The van der Waals surface area contributed by atoms with Crippen LogP contribution in [0.25, 0.3) is 0 Å². The highest BCUT2D eigenvalue weighted by molar-refractivity contribution is 9.10. The summed E-state index contributed by atoms with van der Waals surface area (Å²) in [5.41, 5.74) is -0.0219. The Kier molecular flexibility index (Phi) is 7.57. The maximum Gasteiger partial charge on any atom is 0.364 e. The number of hydrogen-bond acceptors (Lipinski definition) is 7. The van der Waals surface area contributed by atoms with Gasteiger partial charge in [-0.2, -0.15) is 0 Å². The van der Waals surface area contributed by atoms with E-state index in [0.717, 1.165) is 15.6 Å². The summed E-state index contributed by atoms with van der Waals surface area (Å²) < 4.78 is 10.2. The van der Waals surface area contributed by atoms with E-state index in [9.17, 15) is 9.59 Å². The second kappa shape index (κ2) is 8.96. The summed E-state index contributed by atoms with van der Waals surface area (Å²) in [7, 11) is 4.05. The minimum atomic E-state index is -1.78. The number of hydrogen-bond donors (Lipinski definition) is 0. The van der Waals surface area contributed by atoms with E-state index in [-0.39, 0.29) is 6.42 Å². The minimum absolute atomic E-state index is 0.378. The molecule has 1 atom stereocenters. The first-order valence-electron chi connectivity index (χ1n) is 7.77. The van der Waals surface area contributed by atoms with Gasteiger partial charge in [0.1, 0.15) is 6.42 Å². The molecule has 0 saturated carbocycles. The molecule has 0 radical (unpaired) electrons. The zero-order valence-electron chi connectivity index (χ0n) is 15.3. The molecule has 8 heteroatoms. The van der Waals surface area contributed by atoms with Crippen LogP contribution in [0.1, 0.15) is 31.4 Å². The van der Waals surface area contributed by atoms with E-state index in [0.29, 0.717) is 5.84 Å². The standard InChI is InChI=1S/C15H17BrN2O5.C2H6/c1-9-5-10(7-11(16)6-9)13-17-15(14(20)22-4,23-18(13)2)8-12(19)21-3;1-2/h5-7H,8H2,1-4H3;1-2H3. The lowest BCUT2D eigenvalue weighted by molar-refractivity contribution is -0.205. The Labute approximate surface area is 156 Å². The fraction of sp³-hybridized carbons (Fsp3) is 0.471. The van der Waals surface area contributed by atoms with Crippen molar-refractivity contribution in [2.75, 3.05) is 21.3 Å². The summed E-state index contributed by atoms with van der Waals surface area (Å²) >= 11 is 3.42. The monoisotopic (exact) mass is 414 g/mol. The van der Waals surface area contributed by atoms with E-state index < -0.39 is 17.7 Å². The Bertz CT molecular complexity index is 657. The van der Waals surface area contributed by atoms with E-state index in [1.54, 1.807) is 7.05 Å². The van der Waals surface area contributed by atoms with E-state index in [2.05, 4.69) is 25.7 Å². The summed E-state index contributed by atoms with van der Waals surface area (Å²) in [6, 6.07) is 5.69. The van der Waals surface area contributed by atoms with Crippen molar-refractivity contribution in [3.63, 3.8) is 0 Å². The van der Waals surface area contributed by atoms with Crippen LogP contribution >= 0.6 is 15.9 Å². The number of halogens is 1. The summed E-state index contributed by atoms with van der Waals surface area (Å²) in [5, 5.41) is 1.35. The summed E-state index contributed by atoms with van der Waals surface area (Å²) in [5.74, 6) is -0.973. The van der Waals surface area contributed by atoms with Crippen molar-refractivity contribution in [2.24, 2.45) is 4.99 Å². The molecule has 1 aliphatic heterocycles. The van der Waals surface area contributed by atoms with Gasteiger partial charge in [-0.25, -0.2) is 19.7 Å². The Hall–Kier alpha value is -1.93. The number of hydroxylamine groups is 2. The van der Waals surface area contributed by atoms with Crippen LogP contribution in [0.4, 0.5) is 0 Å². The maximum absolute atomic E-state index is 12.1. The highest BCUT2D eigenvalue weighted by Crippen LogP contribution is 2.31. The summed E-state index contributed by atoms with van der Waals surface area (Å²) in [6.07, 6.45) is -0.378. The SMILES string of the molecule is CC.COC(=O)CC1(C(=O)OC)N=C(c2cc(C)cc(Br)c2)N(C)O1. The van der Waals surface area contributed by atoms with Crippen molar-refractivity contribution in [2.45, 2.75) is 32.9 Å². The number of carbonyl (C=O) groups is 2. The molecule has 0 N–H and O–H groups in total. The number of aliphatic imine (C=N–C) groups is 1. The largest absolute Gasteiger partial charge is 0.469 e. The van der Waals surface area contributed by atoms with Crippen LogP contribution in [0.3, 0.4) is 0 Å². The van der Waals surface area contributed by atoms with Crippen LogP contribution in [0.15, 0.2) is 27.7 Å². The van der Waals surface area contributed by atoms with Gasteiger partial charge in [0.2, 0.25) is 0 Å². The predicted molar refractivity (Wildman–Crippen MR) is 97.0 cm³/mol. The van der Waals surface area contributed by atoms with Crippen LogP contribution in [0.5, 0.6) is 0 Å². The molecular formula is C17H23BrN2O5. The van der Waals surface area contributed by atoms with Crippen LogP contribution < -0.4 is 0 Å². The third kappa shape index (κ3) is 4.79. The molecule has 0 fully saturated rings. The molecule has 1 aromatic rings. The number of nitrogens with zero attached hydrogens (tertiary/aromatic N) is 2. The molecular weight excluding hydrogens is 392 g/mol. The van der Waals surface area contributed by atoms with Gasteiger partial charge in [0, 0.05) is 17.1 Å². The van der Waals surface area contributed by atoms with Gasteiger partial charge >= 0.3 is 11.9 Å². The number of rotatable bonds is 4. The molecule has 0 bridgehead atoms. The first-order valence-corrected chi connectivity index (χ1v) is 8.56. The van der Waals surface area contributed by atoms with Crippen molar-refractivity contribution in [1.82, 2.24) is 5.06 Å². The number of amidine groups is 1. The number of carbonyl (C=O) groups excluding carboxylic acids is 2. The lowest BCUT2D eigenvalue weighted by Crippen LogP contribution is -2.42. The van der Waals surface area contributed by atoms with Crippen LogP contribution in [0.2, 0.25) is 0 Å². The fourth-order valence-electron chi connectivity index (χ4n) is 2.30. The highest BCUT2D eigenvalue weighted by Gasteiger charge is 2.50. The maximum atomic E-state index is 12.1. The fourth-order valence-corrected chi connectivity index (χ4v) is 2.91. The molecule has 0 aliphatic carbocycles.